The monoisotopic (exact) mass is 650 g/mol. The first-order valence-electron chi connectivity index (χ1n) is 11.4. The number of para-hydroxylation sites is 1. The van der Waals surface area contributed by atoms with Gasteiger partial charge in [0.1, 0.15) is 5.75 Å². The summed E-state index contributed by atoms with van der Waals surface area (Å²) in [5.41, 5.74) is 3.83. The van der Waals surface area contributed by atoms with Crippen molar-refractivity contribution in [2.24, 2.45) is 5.10 Å². The fraction of sp³-hybridized carbons (Fsp3) is 0.0345. The van der Waals surface area contributed by atoms with E-state index in [9.17, 15) is 14.4 Å². The fourth-order valence-electron chi connectivity index (χ4n) is 3.32. The maximum atomic E-state index is 12.8. The Morgan fingerprint density at radius 1 is 0.718 bits per heavy atom. The van der Waals surface area contributed by atoms with E-state index in [0.717, 1.165) is 8.95 Å². The van der Waals surface area contributed by atoms with Crippen LogP contribution < -0.4 is 19.6 Å². The van der Waals surface area contributed by atoms with Crippen molar-refractivity contribution in [2.45, 2.75) is 0 Å². The van der Waals surface area contributed by atoms with Gasteiger partial charge in [-0.05, 0) is 84.4 Å². The Hall–Kier alpha value is -4.28. The van der Waals surface area contributed by atoms with Gasteiger partial charge in [0.15, 0.2) is 11.5 Å². The van der Waals surface area contributed by atoms with Gasteiger partial charge in [0.2, 0.25) is 0 Å². The molecule has 0 saturated carbocycles. The molecule has 8 nitrogen and oxygen atoms in total. The largest absolute Gasteiger partial charge is 0.496 e. The number of hydrogen-bond acceptors (Lipinski definition) is 7. The highest BCUT2D eigenvalue weighted by Gasteiger charge is 2.17. The van der Waals surface area contributed by atoms with Gasteiger partial charge in [-0.25, -0.2) is 15.0 Å². The summed E-state index contributed by atoms with van der Waals surface area (Å²) in [6.45, 7) is 0. The lowest BCUT2D eigenvalue weighted by atomic mass is 10.2. The molecule has 0 aromatic heterocycles. The predicted molar refractivity (Wildman–Crippen MR) is 153 cm³/mol. The minimum atomic E-state index is -0.651. The molecule has 0 aliphatic carbocycles. The third-order valence-electron chi connectivity index (χ3n) is 5.26. The van der Waals surface area contributed by atoms with Gasteiger partial charge in [-0.2, -0.15) is 5.10 Å². The number of ether oxygens (including phenoxy) is 3. The Morgan fingerprint density at radius 2 is 1.28 bits per heavy atom. The van der Waals surface area contributed by atoms with Crippen LogP contribution in [0.1, 0.15) is 36.6 Å². The van der Waals surface area contributed by atoms with Crippen LogP contribution in [0.25, 0.3) is 0 Å². The van der Waals surface area contributed by atoms with Crippen LogP contribution in [0, 0.1) is 0 Å². The van der Waals surface area contributed by atoms with Crippen LogP contribution in [0.2, 0.25) is 0 Å². The molecule has 0 bridgehead atoms. The quantitative estimate of drug-likeness (QED) is 0.102. The summed E-state index contributed by atoms with van der Waals surface area (Å²) in [7, 11) is 1.47. The Bertz CT molecular complexity index is 1540. The van der Waals surface area contributed by atoms with E-state index in [4.69, 9.17) is 14.2 Å². The molecular formula is C29H20Br2N2O6. The number of rotatable bonds is 8. The normalized spacial score (nSPS) is 10.6. The summed E-state index contributed by atoms with van der Waals surface area (Å²) in [5, 5.41) is 3.99. The summed E-state index contributed by atoms with van der Waals surface area (Å²) in [5.74, 6) is -1.32. The van der Waals surface area contributed by atoms with Gasteiger partial charge in [0.25, 0.3) is 5.91 Å². The molecule has 0 spiro atoms. The van der Waals surface area contributed by atoms with Crippen LogP contribution in [0.4, 0.5) is 0 Å². The number of nitrogens with one attached hydrogen (secondary N) is 1. The average molecular weight is 652 g/mol. The van der Waals surface area contributed by atoms with Crippen LogP contribution in [0.15, 0.2) is 105 Å². The molecule has 0 saturated heterocycles. The topological polar surface area (TPSA) is 103 Å². The van der Waals surface area contributed by atoms with Crippen molar-refractivity contribution in [1.82, 2.24) is 5.43 Å². The van der Waals surface area contributed by atoms with Gasteiger partial charge in [0.05, 0.1) is 30.0 Å². The van der Waals surface area contributed by atoms with Crippen LogP contribution in [-0.2, 0) is 0 Å². The number of nitrogens with zero attached hydrogens (tertiary/aromatic N) is 1. The number of carbonyl (C=O) groups is 3. The average Bonchev–Trinajstić information content (AvgIpc) is 2.94. The van der Waals surface area contributed by atoms with Crippen molar-refractivity contribution < 1.29 is 28.6 Å². The zero-order valence-electron chi connectivity index (χ0n) is 20.4. The summed E-state index contributed by atoms with van der Waals surface area (Å²) in [6, 6.07) is 24.5. The summed E-state index contributed by atoms with van der Waals surface area (Å²) >= 11 is 6.66. The third kappa shape index (κ3) is 7.40. The first-order valence-corrected chi connectivity index (χ1v) is 13.0. The van der Waals surface area contributed by atoms with E-state index in [1.165, 1.54) is 25.5 Å². The number of hydrazone groups is 1. The molecule has 0 radical (unpaired) electrons. The molecule has 39 heavy (non-hydrogen) atoms. The first kappa shape index (κ1) is 27.7. The van der Waals surface area contributed by atoms with Crippen LogP contribution in [0.5, 0.6) is 17.2 Å². The minimum absolute atomic E-state index is 0.00612. The molecule has 0 aliphatic heterocycles. The standard InChI is InChI=1S/C29H20Br2N2O6/c1-37-24-5-3-2-4-23(24)27(34)33-32-17-18-6-15-25(38-28(35)19-7-11-21(30)12-8-19)26(16-18)39-29(36)20-9-13-22(31)14-10-20/h2-17H,1H3,(H,33,34)/b32-17+. The Kier molecular flexibility index (Phi) is 9.24. The van der Waals surface area contributed by atoms with Gasteiger partial charge in [-0.1, -0.05) is 44.0 Å². The van der Waals surface area contributed by atoms with E-state index >= 15 is 0 Å². The van der Waals surface area contributed by atoms with Crippen LogP contribution in [-0.4, -0.2) is 31.2 Å². The molecule has 0 fully saturated rings. The molecule has 4 aromatic carbocycles. The zero-order valence-corrected chi connectivity index (χ0v) is 23.6. The molecule has 4 aromatic rings. The van der Waals surface area contributed by atoms with E-state index in [1.54, 1.807) is 78.9 Å². The molecule has 0 atom stereocenters. The first-order chi connectivity index (χ1) is 18.8. The highest BCUT2D eigenvalue weighted by Crippen LogP contribution is 2.30. The number of amides is 1. The Balaban J connectivity index is 1.56. The minimum Gasteiger partial charge on any atom is -0.496 e. The SMILES string of the molecule is COc1ccccc1C(=O)N/N=C/c1ccc(OC(=O)c2ccc(Br)cc2)c(OC(=O)c2ccc(Br)cc2)c1. The highest BCUT2D eigenvalue weighted by atomic mass is 79.9. The number of esters is 2. The molecule has 0 unspecified atom stereocenters. The van der Waals surface area contributed by atoms with Gasteiger partial charge < -0.3 is 14.2 Å². The predicted octanol–water partition coefficient (Wildman–Crippen LogP) is 6.42. The van der Waals surface area contributed by atoms with E-state index in [-0.39, 0.29) is 11.5 Å². The smallest absolute Gasteiger partial charge is 0.343 e. The lowest BCUT2D eigenvalue weighted by Crippen LogP contribution is -2.18. The molecule has 0 aliphatic rings. The summed E-state index contributed by atoms with van der Waals surface area (Å²) in [4.78, 5) is 38.0. The van der Waals surface area contributed by atoms with E-state index in [2.05, 4.69) is 42.4 Å². The zero-order chi connectivity index (χ0) is 27.8. The van der Waals surface area contributed by atoms with Crippen molar-refractivity contribution in [3.63, 3.8) is 0 Å². The number of methoxy groups -OCH3 is 1. The molecule has 1 N–H and O–H groups in total. The van der Waals surface area contributed by atoms with Crippen molar-refractivity contribution in [2.75, 3.05) is 7.11 Å². The lowest BCUT2D eigenvalue weighted by molar-refractivity contribution is 0.0682. The van der Waals surface area contributed by atoms with Crippen LogP contribution >= 0.6 is 31.9 Å². The van der Waals surface area contributed by atoms with Gasteiger partial charge in [-0.15, -0.1) is 0 Å². The van der Waals surface area contributed by atoms with E-state index in [0.29, 0.717) is 28.0 Å². The molecule has 4 rings (SSSR count). The van der Waals surface area contributed by atoms with Crippen molar-refractivity contribution >= 4 is 55.9 Å². The Labute approximate surface area is 240 Å². The second kappa shape index (κ2) is 13.0. The maximum Gasteiger partial charge on any atom is 0.343 e. The molecule has 1 amide bonds. The molecular weight excluding hydrogens is 632 g/mol. The number of hydrogen-bond donors (Lipinski definition) is 1. The maximum absolute atomic E-state index is 12.8. The van der Waals surface area contributed by atoms with E-state index in [1.807, 2.05) is 0 Å². The van der Waals surface area contributed by atoms with Gasteiger partial charge in [0, 0.05) is 8.95 Å². The van der Waals surface area contributed by atoms with Crippen molar-refractivity contribution in [1.29, 1.82) is 0 Å². The fourth-order valence-corrected chi connectivity index (χ4v) is 3.85. The lowest BCUT2D eigenvalue weighted by Gasteiger charge is -2.12. The van der Waals surface area contributed by atoms with Gasteiger partial charge >= 0.3 is 11.9 Å². The number of halogens is 2. The third-order valence-corrected chi connectivity index (χ3v) is 6.32. The van der Waals surface area contributed by atoms with E-state index < -0.39 is 17.8 Å². The summed E-state index contributed by atoms with van der Waals surface area (Å²) < 4.78 is 17.9. The second-order valence-corrected chi connectivity index (χ2v) is 9.73. The van der Waals surface area contributed by atoms with Gasteiger partial charge in [-0.3, -0.25) is 4.79 Å². The van der Waals surface area contributed by atoms with Crippen LogP contribution in [0.3, 0.4) is 0 Å². The number of benzene rings is 4. The highest BCUT2D eigenvalue weighted by molar-refractivity contribution is 9.10. The summed E-state index contributed by atoms with van der Waals surface area (Å²) in [6.07, 6.45) is 1.37. The Morgan fingerprint density at radius 3 is 1.87 bits per heavy atom. The van der Waals surface area contributed by atoms with Crippen molar-refractivity contribution in [3.05, 3.63) is 122 Å². The molecule has 10 heteroatoms. The number of carbonyl (C=O) groups excluding carboxylic acids is 3. The van der Waals surface area contributed by atoms with Crippen molar-refractivity contribution in [3.8, 4) is 17.2 Å². The molecule has 0 heterocycles. The second-order valence-electron chi connectivity index (χ2n) is 7.90. The molecule has 196 valence electrons.